The van der Waals surface area contributed by atoms with Crippen molar-refractivity contribution < 1.29 is 0 Å². The van der Waals surface area contributed by atoms with Crippen LogP contribution in [0.4, 0.5) is 0 Å². The Kier molecular flexibility index (Phi) is 12.4. The standard InChI is InChI=1S/C50H70/c1-13-14-36-49(11,42-24-18-15-19-25-42)50(12,43-26-20-16-21-27-43)38-23-17-22-37-48(10,44-34-30-40(31-35-44)46(5,6)7)47(8,9)41-32-28-39(29-33-41)45(2,3)4/h15-16,18-21,24-35H,13-14,17,22-23,36-38H2,1-12H3. The molecule has 0 aliphatic carbocycles. The van der Waals surface area contributed by atoms with Gasteiger partial charge in [-0.25, -0.2) is 0 Å². The summed E-state index contributed by atoms with van der Waals surface area (Å²) in [4.78, 5) is 0. The van der Waals surface area contributed by atoms with E-state index in [4.69, 9.17) is 0 Å². The zero-order valence-electron chi connectivity index (χ0n) is 34.0. The molecule has 270 valence electrons. The van der Waals surface area contributed by atoms with Crippen molar-refractivity contribution in [3.8, 4) is 0 Å². The Morgan fingerprint density at radius 2 is 0.640 bits per heavy atom. The second kappa shape index (κ2) is 15.6. The normalized spacial score (nSPS) is 16.3. The molecule has 0 saturated carbocycles. The quantitative estimate of drug-likeness (QED) is 0.110. The molecule has 50 heavy (non-hydrogen) atoms. The van der Waals surface area contributed by atoms with Crippen molar-refractivity contribution in [3.05, 3.63) is 143 Å². The molecule has 4 aromatic carbocycles. The van der Waals surface area contributed by atoms with Crippen molar-refractivity contribution in [2.45, 2.75) is 167 Å². The van der Waals surface area contributed by atoms with Gasteiger partial charge in [-0.05, 0) is 68.9 Å². The van der Waals surface area contributed by atoms with E-state index >= 15 is 0 Å². The van der Waals surface area contributed by atoms with Crippen LogP contribution in [0.1, 0.15) is 168 Å². The average molecular weight is 671 g/mol. The maximum absolute atomic E-state index is 2.57. The maximum atomic E-state index is 2.57. The first-order valence-electron chi connectivity index (χ1n) is 19.7. The SMILES string of the molecule is CCCCC(C)(c1ccccc1)C(C)(CCCCCC(C)(c1ccc(C(C)(C)C)cc1)C(C)(C)c1ccc(C(C)(C)C)cc1)c1ccccc1. The van der Waals surface area contributed by atoms with E-state index in [0.29, 0.717) is 0 Å². The van der Waals surface area contributed by atoms with Gasteiger partial charge in [0.1, 0.15) is 0 Å². The third-order valence-corrected chi connectivity index (χ3v) is 13.2. The molecule has 0 nitrogen and oxygen atoms in total. The van der Waals surface area contributed by atoms with Crippen LogP contribution in [0.15, 0.2) is 109 Å². The predicted octanol–water partition coefficient (Wildman–Crippen LogP) is 14.6. The van der Waals surface area contributed by atoms with Gasteiger partial charge >= 0.3 is 0 Å². The molecule has 0 amide bonds. The summed E-state index contributed by atoms with van der Waals surface area (Å²) in [6, 6.07) is 42.0. The Hall–Kier alpha value is -3.12. The van der Waals surface area contributed by atoms with E-state index in [9.17, 15) is 0 Å². The molecule has 0 heterocycles. The number of hydrogen-bond acceptors (Lipinski definition) is 0. The van der Waals surface area contributed by atoms with Crippen LogP contribution < -0.4 is 0 Å². The Morgan fingerprint density at radius 1 is 0.320 bits per heavy atom. The first kappa shape index (κ1) is 39.7. The predicted molar refractivity (Wildman–Crippen MR) is 221 cm³/mol. The fourth-order valence-corrected chi connectivity index (χ4v) is 8.62. The summed E-state index contributed by atoms with van der Waals surface area (Å²) in [5, 5.41) is 0. The van der Waals surface area contributed by atoms with Crippen molar-refractivity contribution in [2.75, 3.05) is 0 Å². The van der Waals surface area contributed by atoms with Gasteiger partial charge in [0.2, 0.25) is 0 Å². The molecule has 3 atom stereocenters. The largest absolute Gasteiger partial charge is 0.0654 e. The molecule has 0 heteroatoms. The molecule has 4 aromatic rings. The molecule has 0 aromatic heterocycles. The summed E-state index contributed by atoms with van der Waals surface area (Å²) in [5.41, 5.74) is 8.96. The van der Waals surface area contributed by atoms with E-state index in [2.05, 4.69) is 192 Å². The van der Waals surface area contributed by atoms with E-state index in [1.165, 1.54) is 78.3 Å². The minimum Gasteiger partial charge on any atom is -0.0654 e. The zero-order valence-corrected chi connectivity index (χ0v) is 34.0. The summed E-state index contributed by atoms with van der Waals surface area (Å²) in [7, 11) is 0. The molecule has 0 N–H and O–H groups in total. The van der Waals surface area contributed by atoms with Crippen molar-refractivity contribution in [2.24, 2.45) is 0 Å². The van der Waals surface area contributed by atoms with E-state index in [1.54, 1.807) is 0 Å². The Labute approximate surface area is 308 Å². The van der Waals surface area contributed by atoms with Gasteiger partial charge in [0, 0.05) is 16.2 Å². The molecular weight excluding hydrogens is 601 g/mol. The zero-order chi connectivity index (χ0) is 36.8. The third-order valence-electron chi connectivity index (χ3n) is 13.2. The molecule has 0 saturated heterocycles. The third kappa shape index (κ3) is 8.33. The lowest BCUT2D eigenvalue weighted by Crippen LogP contribution is -2.45. The minimum absolute atomic E-state index is 0.0188. The van der Waals surface area contributed by atoms with E-state index < -0.39 is 0 Å². The molecule has 4 rings (SSSR count). The molecule has 3 unspecified atom stereocenters. The van der Waals surface area contributed by atoms with Gasteiger partial charge in [-0.1, -0.05) is 224 Å². The van der Waals surface area contributed by atoms with Crippen LogP contribution in [0.5, 0.6) is 0 Å². The maximum Gasteiger partial charge on any atom is 0.00189 e. The molecule has 0 spiro atoms. The lowest BCUT2D eigenvalue weighted by molar-refractivity contribution is 0.205. The molecule has 0 aliphatic rings. The van der Waals surface area contributed by atoms with Gasteiger partial charge in [-0.3, -0.25) is 0 Å². The van der Waals surface area contributed by atoms with Crippen LogP contribution in [0, 0.1) is 0 Å². The van der Waals surface area contributed by atoms with Gasteiger partial charge in [-0.2, -0.15) is 0 Å². The fourth-order valence-electron chi connectivity index (χ4n) is 8.62. The van der Waals surface area contributed by atoms with Gasteiger partial charge in [0.05, 0.1) is 0 Å². The highest BCUT2D eigenvalue weighted by atomic mass is 14.5. The summed E-state index contributed by atoms with van der Waals surface area (Å²) < 4.78 is 0. The lowest BCUT2D eigenvalue weighted by atomic mass is 9.55. The monoisotopic (exact) mass is 671 g/mol. The average Bonchev–Trinajstić information content (AvgIpc) is 3.10. The second-order valence-electron chi connectivity index (χ2n) is 18.7. The highest BCUT2D eigenvalue weighted by Gasteiger charge is 2.46. The van der Waals surface area contributed by atoms with Crippen molar-refractivity contribution in [1.82, 2.24) is 0 Å². The Bertz CT molecular complexity index is 1590. The van der Waals surface area contributed by atoms with Crippen LogP contribution in [0.3, 0.4) is 0 Å². The van der Waals surface area contributed by atoms with Gasteiger partial charge in [0.15, 0.2) is 0 Å². The number of hydrogen-bond donors (Lipinski definition) is 0. The van der Waals surface area contributed by atoms with Crippen LogP contribution in [-0.2, 0) is 32.5 Å². The number of rotatable bonds is 15. The van der Waals surface area contributed by atoms with Crippen molar-refractivity contribution in [3.63, 3.8) is 0 Å². The van der Waals surface area contributed by atoms with Gasteiger partial charge in [0.25, 0.3) is 0 Å². The Balaban J connectivity index is 1.63. The topological polar surface area (TPSA) is 0 Å². The highest BCUT2D eigenvalue weighted by molar-refractivity contribution is 5.41. The van der Waals surface area contributed by atoms with Crippen molar-refractivity contribution in [1.29, 1.82) is 0 Å². The molecule has 0 fully saturated rings. The summed E-state index contributed by atoms with van der Waals surface area (Å²) >= 11 is 0. The van der Waals surface area contributed by atoms with Crippen molar-refractivity contribution >= 4 is 0 Å². The van der Waals surface area contributed by atoms with Crippen LogP contribution >= 0.6 is 0 Å². The van der Waals surface area contributed by atoms with E-state index in [-0.39, 0.29) is 32.5 Å². The van der Waals surface area contributed by atoms with Crippen LogP contribution in [0.25, 0.3) is 0 Å². The van der Waals surface area contributed by atoms with E-state index in [0.717, 1.165) is 6.42 Å². The van der Waals surface area contributed by atoms with Crippen LogP contribution in [-0.4, -0.2) is 0 Å². The molecule has 0 radical (unpaired) electrons. The molecule has 0 bridgehead atoms. The minimum atomic E-state index is -0.0444. The lowest BCUT2D eigenvalue weighted by Gasteiger charge is -2.49. The Morgan fingerprint density at radius 3 is 1.02 bits per heavy atom. The summed E-state index contributed by atoms with van der Waals surface area (Å²) in [5.74, 6) is 0. The number of unbranched alkanes of at least 4 members (excludes halogenated alkanes) is 3. The fraction of sp³-hybridized carbons (Fsp3) is 0.520. The molecule has 0 aliphatic heterocycles. The number of benzene rings is 4. The van der Waals surface area contributed by atoms with E-state index in [1.807, 2.05) is 0 Å². The van der Waals surface area contributed by atoms with Gasteiger partial charge in [-0.15, -0.1) is 0 Å². The summed E-state index contributed by atoms with van der Waals surface area (Å²) in [6.45, 7) is 28.8. The smallest absolute Gasteiger partial charge is 0.00189 e. The summed E-state index contributed by atoms with van der Waals surface area (Å²) in [6.07, 6.45) is 9.66. The first-order valence-corrected chi connectivity index (χ1v) is 19.7. The van der Waals surface area contributed by atoms with Crippen LogP contribution in [0.2, 0.25) is 0 Å². The highest BCUT2D eigenvalue weighted by Crippen LogP contribution is 2.51. The second-order valence-corrected chi connectivity index (χ2v) is 18.7. The van der Waals surface area contributed by atoms with Gasteiger partial charge < -0.3 is 0 Å². The molecular formula is C50H70. The first-order chi connectivity index (χ1) is 23.4.